The molecule has 1 heterocycles. The van der Waals surface area contributed by atoms with E-state index in [9.17, 15) is 4.79 Å². The number of hydrogen-bond donors (Lipinski definition) is 0. The van der Waals surface area contributed by atoms with Crippen molar-refractivity contribution in [3.8, 4) is 0 Å². The third kappa shape index (κ3) is 1.95. The highest BCUT2D eigenvalue weighted by atomic mass is 16.6. The average molecular weight is 220 g/mol. The summed E-state index contributed by atoms with van der Waals surface area (Å²) >= 11 is 0. The number of benzene rings is 1. The third-order valence-electron chi connectivity index (χ3n) is 2.87. The largest absolute Gasteiger partial charge is 0.464 e. The van der Waals surface area contributed by atoms with Gasteiger partial charge in [-0.3, -0.25) is 0 Å². The maximum atomic E-state index is 11.7. The molecule has 3 heteroatoms. The molecule has 0 fully saturated rings. The predicted octanol–water partition coefficient (Wildman–Crippen LogP) is 2.17. The van der Waals surface area contributed by atoms with Crippen LogP contribution in [0.2, 0.25) is 0 Å². The molecule has 0 aliphatic carbocycles. The van der Waals surface area contributed by atoms with Gasteiger partial charge in [-0.15, -0.1) is 0 Å². The second kappa shape index (κ2) is 4.66. The first-order valence-corrected chi connectivity index (χ1v) is 5.60. The van der Waals surface area contributed by atoms with E-state index in [-0.39, 0.29) is 5.97 Å². The number of carbonyl (C=O) groups is 1. The number of rotatable bonds is 2. The van der Waals surface area contributed by atoms with Gasteiger partial charge in [0.05, 0.1) is 13.2 Å². The third-order valence-corrected chi connectivity index (χ3v) is 2.87. The molecule has 86 valence electrons. The van der Waals surface area contributed by atoms with Gasteiger partial charge in [-0.05, 0) is 37.0 Å². The van der Waals surface area contributed by atoms with E-state index in [1.54, 1.807) is 6.92 Å². The molecule has 0 saturated carbocycles. The minimum absolute atomic E-state index is 0.283. The van der Waals surface area contributed by atoms with E-state index in [0.29, 0.717) is 13.2 Å². The summed E-state index contributed by atoms with van der Waals surface area (Å²) in [6.45, 7) is 4.84. The fraction of sp³-hybridized carbons (Fsp3) is 0.462. The molecule has 0 radical (unpaired) electrons. The Morgan fingerprint density at radius 1 is 1.56 bits per heavy atom. The lowest BCUT2D eigenvalue weighted by Crippen LogP contribution is -2.25. The standard InChI is InChI=1S/C13H16O3/c1-3-15-13(14)12-11-6-4-5-9(2)10(11)7-8-16-12/h4-6,12H,3,7-8H2,1-2H3. The molecule has 16 heavy (non-hydrogen) atoms. The second-order valence-electron chi connectivity index (χ2n) is 3.90. The molecule has 0 N–H and O–H groups in total. The molecule has 1 atom stereocenters. The molecule has 2 rings (SSSR count). The Balaban J connectivity index is 2.33. The van der Waals surface area contributed by atoms with Crippen molar-refractivity contribution < 1.29 is 14.3 Å². The Morgan fingerprint density at radius 2 is 2.38 bits per heavy atom. The highest BCUT2D eigenvalue weighted by Gasteiger charge is 2.28. The molecule has 1 unspecified atom stereocenters. The zero-order valence-electron chi connectivity index (χ0n) is 9.66. The van der Waals surface area contributed by atoms with Crippen molar-refractivity contribution in [2.24, 2.45) is 0 Å². The van der Waals surface area contributed by atoms with E-state index in [1.165, 1.54) is 11.1 Å². The zero-order valence-corrected chi connectivity index (χ0v) is 9.66. The number of aryl methyl sites for hydroxylation is 1. The summed E-state index contributed by atoms with van der Waals surface area (Å²) < 4.78 is 10.5. The van der Waals surface area contributed by atoms with Gasteiger partial charge in [0.15, 0.2) is 6.10 Å². The first-order valence-electron chi connectivity index (χ1n) is 5.60. The molecule has 0 bridgehead atoms. The van der Waals surface area contributed by atoms with Crippen molar-refractivity contribution in [3.05, 3.63) is 34.9 Å². The van der Waals surface area contributed by atoms with Crippen molar-refractivity contribution >= 4 is 5.97 Å². The lowest BCUT2D eigenvalue weighted by molar-refractivity contribution is -0.158. The van der Waals surface area contributed by atoms with Crippen LogP contribution in [0.15, 0.2) is 18.2 Å². The van der Waals surface area contributed by atoms with Crippen molar-refractivity contribution in [2.45, 2.75) is 26.4 Å². The van der Waals surface area contributed by atoms with Crippen LogP contribution < -0.4 is 0 Å². The van der Waals surface area contributed by atoms with Crippen molar-refractivity contribution in [2.75, 3.05) is 13.2 Å². The molecular weight excluding hydrogens is 204 g/mol. The summed E-state index contributed by atoms with van der Waals surface area (Å²) in [5.41, 5.74) is 3.41. The summed E-state index contributed by atoms with van der Waals surface area (Å²) in [4.78, 5) is 11.7. The van der Waals surface area contributed by atoms with Crippen LogP contribution in [0.1, 0.15) is 29.7 Å². The Bertz CT molecular complexity index is 398. The summed E-state index contributed by atoms with van der Waals surface area (Å²) in [6.07, 6.45) is 0.335. The van der Waals surface area contributed by atoms with Crippen LogP contribution >= 0.6 is 0 Å². The van der Waals surface area contributed by atoms with Gasteiger partial charge in [0, 0.05) is 0 Å². The van der Waals surface area contributed by atoms with Crippen molar-refractivity contribution in [3.63, 3.8) is 0 Å². The predicted molar refractivity (Wildman–Crippen MR) is 60.2 cm³/mol. The highest BCUT2D eigenvalue weighted by molar-refractivity contribution is 5.77. The van der Waals surface area contributed by atoms with E-state index in [1.807, 2.05) is 12.1 Å². The summed E-state index contributed by atoms with van der Waals surface area (Å²) in [6, 6.07) is 5.96. The first-order chi connectivity index (χ1) is 7.74. The van der Waals surface area contributed by atoms with Crippen molar-refractivity contribution in [1.29, 1.82) is 0 Å². The molecular formula is C13H16O3. The Morgan fingerprint density at radius 3 is 3.12 bits per heavy atom. The zero-order chi connectivity index (χ0) is 11.5. The maximum absolute atomic E-state index is 11.7. The average Bonchev–Trinajstić information content (AvgIpc) is 2.29. The minimum Gasteiger partial charge on any atom is -0.464 e. The molecule has 1 aromatic carbocycles. The van der Waals surface area contributed by atoms with Gasteiger partial charge in [-0.25, -0.2) is 4.79 Å². The van der Waals surface area contributed by atoms with Crippen LogP contribution in [0.4, 0.5) is 0 Å². The molecule has 0 saturated heterocycles. The molecule has 1 aliphatic heterocycles. The Kier molecular flexibility index (Phi) is 3.25. The van der Waals surface area contributed by atoms with Gasteiger partial charge in [0.2, 0.25) is 0 Å². The number of carbonyl (C=O) groups excluding carboxylic acids is 1. The first kappa shape index (κ1) is 11.1. The van der Waals surface area contributed by atoms with Crippen LogP contribution in [0, 0.1) is 6.92 Å². The number of hydrogen-bond acceptors (Lipinski definition) is 3. The van der Waals surface area contributed by atoms with E-state index >= 15 is 0 Å². The Labute approximate surface area is 95.4 Å². The quantitative estimate of drug-likeness (QED) is 0.716. The molecule has 1 aliphatic rings. The lowest BCUT2D eigenvalue weighted by atomic mass is 9.93. The fourth-order valence-electron chi connectivity index (χ4n) is 2.09. The normalized spacial score (nSPS) is 19.0. The van der Waals surface area contributed by atoms with Crippen LogP contribution in [-0.2, 0) is 20.7 Å². The van der Waals surface area contributed by atoms with Gasteiger partial charge < -0.3 is 9.47 Å². The van der Waals surface area contributed by atoms with E-state index in [2.05, 4.69) is 13.0 Å². The number of ether oxygens (including phenoxy) is 2. The summed E-state index contributed by atoms with van der Waals surface area (Å²) in [5.74, 6) is -0.283. The second-order valence-corrected chi connectivity index (χ2v) is 3.90. The molecule has 0 amide bonds. The van der Waals surface area contributed by atoms with E-state index in [4.69, 9.17) is 9.47 Å². The van der Waals surface area contributed by atoms with E-state index < -0.39 is 6.10 Å². The monoisotopic (exact) mass is 220 g/mol. The van der Waals surface area contributed by atoms with Gasteiger partial charge in [-0.2, -0.15) is 0 Å². The Hall–Kier alpha value is -1.35. The van der Waals surface area contributed by atoms with Gasteiger partial charge in [0.1, 0.15) is 0 Å². The van der Waals surface area contributed by atoms with Crippen LogP contribution in [0.25, 0.3) is 0 Å². The minimum atomic E-state index is -0.538. The fourth-order valence-corrected chi connectivity index (χ4v) is 2.09. The van der Waals surface area contributed by atoms with Gasteiger partial charge in [0.25, 0.3) is 0 Å². The number of fused-ring (bicyclic) bond motifs is 1. The molecule has 3 nitrogen and oxygen atoms in total. The molecule has 0 aromatic heterocycles. The highest BCUT2D eigenvalue weighted by Crippen LogP contribution is 2.29. The number of esters is 1. The van der Waals surface area contributed by atoms with Crippen molar-refractivity contribution in [1.82, 2.24) is 0 Å². The van der Waals surface area contributed by atoms with Gasteiger partial charge in [-0.1, -0.05) is 18.2 Å². The summed E-state index contributed by atoms with van der Waals surface area (Å²) in [7, 11) is 0. The topological polar surface area (TPSA) is 35.5 Å². The molecule has 1 aromatic rings. The van der Waals surface area contributed by atoms with Crippen LogP contribution in [0.5, 0.6) is 0 Å². The molecule has 0 spiro atoms. The van der Waals surface area contributed by atoms with Crippen LogP contribution in [-0.4, -0.2) is 19.2 Å². The lowest BCUT2D eigenvalue weighted by Gasteiger charge is -2.25. The summed E-state index contributed by atoms with van der Waals surface area (Å²) in [5, 5.41) is 0. The maximum Gasteiger partial charge on any atom is 0.339 e. The van der Waals surface area contributed by atoms with E-state index in [0.717, 1.165) is 12.0 Å². The smallest absolute Gasteiger partial charge is 0.339 e. The van der Waals surface area contributed by atoms with Gasteiger partial charge >= 0.3 is 5.97 Å². The van der Waals surface area contributed by atoms with Crippen LogP contribution in [0.3, 0.4) is 0 Å². The SMILES string of the molecule is CCOC(=O)C1OCCc2c(C)cccc21.